The molecular formula is C20H17ClN2O3S. The van der Waals surface area contributed by atoms with Gasteiger partial charge in [-0.2, -0.15) is 0 Å². The number of hydrogen-bond acceptors (Lipinski definition) is 4. The second-order valence-electron chi connectivity index (χ2n) is 5.54. The molecule has 0 atom stereocenters. The molecule has 5 nitrogen and oxygen atoms in total. The summed E-state index contributed by atoms with van der Waals surface area (Å²) in [5, 5.41) is 7.84. The standard InChI is InChI=1S/C20H17ClN2O3S/c1-2-26-17-10-5-13(12-16(17)21)19(24)22-14-6-8-15(9-7-14)23-20(25)18-4-3-11-27-18/h3-12H,2H2,1H3,(H,22,24)(H,23,25). The fraction of sp³-hybridized carbons (Fsp3) is 0.100. The van der Waals surface area contributed by atoms with Crippen molar-refractivity contribution in [1.29, 1.82) is 0 Å². The van der Waals surface area contributed by atoms with Crippen LogP contribution in [0.25, 0.3) is 0 Å². The fourth-order valence-corrected chi connectivity index (χ4v) is 3.21. The van der Waals surface area contributed by atoms with E-state index >= 15 is 0 Å². The normalized spacial score (nSPS) is 10.3. The maximum Gasteiger partial charge on any atom is 0.265 e. The number of amides is 2. The number of benzene rings is 2. The van der Waals surface area contributed by atoms with E-state index in [0.717, 1.165) is 0 Å². The van der Waals surface area contributed by atoms with Gasteiger partial charge in [-0.3, -0.25) is 9.59 Å². The van der Waals surface area contributed by atoms with Gasteiger partial charge in [-0.05, 0) is 60.8 Å². The Hall–Kier alpha value is -2.83. The molecule has 2 N–H and O–H groups in total. The Bertz CT molecular complexity index is 940. The summed E-state index contributed by atoms with van der Waals surface area (Å²) < 4.78 is 5.36. The van der Waals surface area contributed by atoms with E-state index in [-0.39, 0.29) is 11.8 Å². The van der Waals surface area contributed by atoms with Crippen LogP contribution in [0, 0.1) is 0 Å². The van der Waals surface area contributed by atoms with E-state index in [1.165, 1.54) is 11.3 Å². The van der Waals surface area contributed by atoms with Crippen LogP contribution in [0.15, 0.2) is 60.0 Å². The summed E-state index contributed by atoms with van der Waals surface area (Å²) in [4.78, 5) is 25.0. The average molecular weight is 401 g/mol. The van der Waals surface area contributed by atoms with Gasteiger partial charge in [0.1, 0.15) is 5.75 Å². The molecule has 0 spiro atoms. The third-order valence-electron chi connectivity index (χ3n) is 3.64. The third kappa shape index (κ3) is 4.87. The summed E-state index contributed by atoms with van der Waals surface area (Å²) in [5.74, 6) is 0.0997. The van der Waals surface area contributed by atoms with Crippen molar-refractivity contribution in [1.82, 2.24) is 0 Å². The smallest absolute Gasteiger partial charge is 0.265 e. The molecule has 7 heteroatoms. The highest BCUT2D eigenvalue weighted by atomic mass is 35.5. The first-order chi connectivity index (χ1) is 13.1. The van der Waals surface area contributed by atoms with Gasteiger partial charge >= 0.3 is 0 Å². The first-order valence-electron chi connectivity index (χ1n) is 8.25. The molecule has 0 aliphatic rings. The Balaban J connectivity index is 1.63. The van der Waals surface area contributed by atoms with Crippen molar-refractivity contribution in [3.8, 4) is 5.75 Å². The van der Waals surface area contributed by atoms with Gasteiger partial charge in [-0.25, -0.2) is 0 Å². The zero-order valence-electron chi connectivity index (χ0n) is 14.5. The van der Waals surface area contributed by atoms with Crippen LogP contribution >= 0.6 is 22.9 Å². The van der Waals surface area contributed by atoms with Gasteiger partial charge in [0.2, 0.25) is 0 Å². The monoisotopic (exact) mass is 400 g/mol. The lowest BCUT2D eigenvalue weighted by Crippen LogP contribution is -2.12. The van der Waals surface area contributed by atoms with E-state index < -0.39 is 0 Å². The van der Waals surface area contributed by atoms with Crippen LogP contribution in [-0.2, 0) is 0 Å². The van der Waals surface area contributed by atoms with E-state index in [4.69, 9.17) is 16.3 Å². The van der Waals surface area contributed by atoms with E-state index in [1.54, 1.807) is 48.5 Å². The van der Waals surface area contributed by atoms with Crippen molar-refractivity contribution in [2.24, 2.45) is 0 Å². The molecular weight excluding hydrogens is 384 g/mol. The summed E-state index contributed by atoms with van der Waals surface area (Å²) in [5.41, 5.74) is 1.69. The molecule has 2 amide bonds. The molecule has 2 aromatic carbocycles. The van der Waals surface area contributed by atoms with Gasteiger partial charge < -0.3 is 15.4 Å². The van der Waals surface area contributed by atoms with Gasteiger partial charge in [0.05, 0.1) is 16.5 Å². The van der Waals surface area contributed by atoms with Crippen LogP contribution < -0.4 is 15.4 Å². The Labute approximate surface area is 165 Å². The lowest BCUT2D eigenvalue weighted by atomic mass is 10.2. The zero-order chi connectivity index (χ0) is 19.2. The predicted molar refractivity (Wildman–Crippen MR) is 109 cm³/mol. The van der Waals surface area contributed by atoms with E-state index in [0.29, 0.717) is 39.2 Å². The van der Waals surface area contributed by atoms with Crippen LogP contribution in [0.5, 0.6) is 5.75 Å². The van der Waals surface area contributed by atoms with Crippen molar-refractivity contribution in [3.63, 3.8) is 0 Å². The largest absolute Gasteiger partial charge is 0.492 e. The lowest BCUT2D eigenvalue weighted by molar-refractivity contribution is 0.102. The molecule has 0 saturated carbocycles. The minimum atomic E-state index is -0.282. The van der Waals surface area contributed by atoms with Crippen LogP contribution in [0.2, 0.25) is 5.02 Å². The summed E-state index contributed by atoms with van der Waals surface area (Å²) in [7, 11) is 0. The van der Waals surface area contributed by atoms with Gasteiger partial charge in [0.15, 0.2) is 0 Å². The number of carbonyl (C=O) groups excluding carboxylic acids is 2. The maximum atomic E-state index is 12.4. The molecule has 0 saturated heterocycles. The fourth-order valence-electron chi connectivity index (χ4n) is 2.36. The highest BCUT2D eigenvalue weighted by Crippen LogP contribution is 2.26. The first kappa shape index (κ1) is 18.9. The molecule has 0 bridgehead atoms. The van der Waals surface area contributed by atoms with Crippen LogP contribution in [-0.4, -0.2) is 18.4 Å². The first-order valence-corrected chi connectivity index (χ1v) is 9.51. The molecule has 0 unspecified atom stereocenters. The molecule has 0 radical (unpaired) electrons. The second kappa shape index (κ2) is 8.70. The second-order valence-corrected chi connectivity index (χ2v) is 6.90. The quantitative estimate of drug-likeness (QED) is 0.589. The Morgan fingerprint density at radius 3 is 2.22 bits per heavy atom. The minimum Gasteiger partial charge on any atom is -0.492 e. The zero-order valence-corrected chi connectivity index (χ0v) is 16.1. The summed E-state index contributed by atoms with van der Waals surface area (Å²) >= 11 is 7.50. The SMILES string of the molecule is CCOc1ccc(C(=O)Nc2ccc(NC(=O)c3cccs3)cc2)cc1Cl. The molecule has 0 aliphatic heterocycles. The predicted octanol–water partition coefficient (Wildman–Crippen LogP) is 5.30. The van der Waals surface area contributed by atoms with Crippen LogP contribution in [0.1, 0.15) is 27.0 Å². The topological polar surface area (TPSA) is 67.4 Å². The van der Waals surface area contributed by atoms with Crippen molar-refractivity contribution in [2.75, 3.05) is 17.2 Å². The van der Waals surface area contributed by atoms with Crippen LogP contribution in [0.3, 0.4) is 0 Å². The number of ether oxygens (including phenoxy) is 1. The summed E-state index contributed by atoms with van der Waals surface area (Å²) in [6.45, 7) is 2.37. The lowest BCUT2D eigenvalue weighted by Gasteiger charge is -2.09. The number of rotatable bonds is 6. The van der Waals surface area contributed by atoms with Crippen molar-refractivity contribution >= 4 is 46.1 Å². The number of hydrogen-bond donors (Lipinski definition) is 2. The Morgan fingerprint density at radius 2 is 1.67 bits per heavy atom. The number of anilines is 2. The van der Waals surface area contributed by atoms with Gasteiger partial charge in [-0.15, -0.1) is 11.3 Å². The van der Waals surface area contributed by atoms with Gasteiger partial charge in [-0.1, -0.05) is 17.7 Å². The molecule has 0 fully saturated rings. The van der Waals surface area contributed by atoms with Gasteiger partial charge in [0.25, 0.3) is 11.8 Å². The summed E-state index contributed by atoms with van der Waals surface area (Å²) in [6, 6.07) is 15.4. The Morgan fingerprint density at radius 1 is 1.00 bits per heavy atom. The average Bonchev–Trinajstić information content (AvgIpc) is 3.20. The highest BCUT2D eigenvalue weighted by Gasteiger charge is 2.11. The third-order valence-corrected chi connectivity index (χ3v) is 4.80. The maximum absolute atomic E-state index is 12.4. The van der Waals surface area contributed by atoms with Crippen LogP contribution in [0.4, 0.5) is 11.4 Å². The number of thiophene rings is 1. The number of halogens is 1. The summed E-state index contributed by atoms with van der Waals surface area (Å²) in [6.07, 6.45) is 0. The molecule has 3 rings (SSSR count). The van der Waals surface area contributed by atoms with Crippen molar-refractivity contribution in [2.45, 2.75) is 6.92 Å². The molecule has 3 aromatic rings. The number of carbonyl (C=O) groups is 2. The van der Waals surface area contributed by atoms with Crippen molar-refractivity contribution in [3.05, 3.63) is 75.4 Å². The molecule has 27 heavy (non-hydrogen) atoms. The Kier molecular flexibility index (Phi) is 6.11. The minimum absolute atomic E-state index is 0.161. The highest BCUT2D eigenvalue weighted by molar-refractivity contribution is 7.12. The molecule has 1 aromatic heterocycles. The van der Waals surface area contributed by atoms with Gasteiger partial charge in [0, 0.05) is 16.9 Å². The molecule has 138 valence electrons. The molecule has 1 heterocycles. The van der Waals surface area contributed by atoms with E-state index in [2.05, 4.69) is 10.6 Å². The van der Waals surface area contributed by atoms with E-state index in [1.807, 2.05) is 18.4 Å². The van der Waals surface area contributed by atoms with Crippen molar-refractivity contribution < 1.29 is 14.3 Å². The number of nitrogens with one attached hydrogen (secondary N) is 2. The molecule has 0 aliphatic carbocycles. The van der Waals surface area contributed by atoms with E-state index in [9.17, 15) is 9.59 Å².